The van der Waals surface area contributed by atoms with Crippen LogP contribution in [0.1, 0.15) is 36.8 Å². The maximum atomic E-state index is 12.1. The highest BCUT2D eigenvalue weighted by atomic mass is 16.1. The third kappa shape index (κ3) is 3.10. The van der Waals surface area contributed by atoms with Crippen molar-refractivity contribution in [2.75, 3.05) is 5.32 Å². The highest BCUT2D eigenvalue weighted by Crippen LogP contribution is 2.25. The number of aryl methyl sites for hydroxylation is 2. The lowest BCUT2D eigenvalue weighted by molar-refractivity contribution is -0.120. The summed E-state index contributed by atoms with van der Waals surface area (Å²) in [4.78, 5) is 12.1. The molecule has 0 radical (unpaired) electrons. The molecule has 2 rings (SSSR count). The monoisotopic (exact) mass is 246 g/mol. The van der Waals surface area contributed by atoms with Gasteiger partial charge in [-0.2, -0.15) is 0 Å². The average molecular weight is 246 g/mol. The third-order valence-electron chi connectivity index (χ3n) is 3.86. The Kier molecular flexibility index (Phi) is 4.02. The Bertz CT molecular complexity index is 442. The molecule has 1 saturated carbocycles. The number of amides is 1. The number of carbonyl (C=O) groups excluding carboxylic acids is 1. The second kappa shape index (κ2) is 5.53. The van der Waals surface area contributed by atoms with Gasteiger partial charge in [-0.1, -0.05) is 12.5 Å². The number of carbonyl (C=O) groups is 1. The van der Waals surface area contributed by atoms with E-state index in [4.69, 9.17) is 5.73 Å². The minimum Gasteiger partial charge on any atom is -0.328 e. The molecule has 3 N–H and O–H groups in total. The van der Waals surface area contributed by atoms with Gasteiger partial charge in [0.05, 0.1) is 0 Å². The first-order valence-electron chi connectivity index (χ1n) is 6.70. The second-order valence-corrected chi connectivity index (χ2v) is 5.41. The standard InChI is InChI=1S/C15H22N2O/c1-10-6-7-14(8-11(10)2)17-15(18)12-4-3-5-13(16)9-12/h6-8,12-13H,3-5,9,16H2,1-2H3,(H,17,18). The molecule has 3 heteroatoms. The van der Waals surface area contributed by atoms with E-state index in [2.05, 4.69) is 19.2 Å². The number of nitrogens with two attached hydrogens (primary N) is 1. The Labute approximate surface area is 109 Å². The van der Waals surface area contributed by atoms with Crippen LogP contribution in [0.5, 0.6) is 0 Å². The molecule has 0 saturated heterocycles. The normalized spacial score (nSPS) is 23.7. The van der Waals surface area contributed by atoms with E-state index >= 15 is 0 Å². The van der Waals surface area contributed by atoms with Gasteiger partial charge in [-0.05, 0) is 56.4 Å². The molecule has 1 fully saturated rings. The summed E-state index contributed by atoms with van der Waals surface area (Å²) >= 11 is 0. The fourth-order valence-electron chi connectivity index (χ4n) is 2.53. The number of benzene rings is 1. The van der Waals surface area contributed by atoms with Crippen molar-refractivity contribution in [1.82, 2.24) is 0 Å². The largest absolute Gasteiger partial charge is 0.328 e. The summed E-state index contributed by atoms with van der Waals surface area (Å²) < 4.78 is 0. The lowest BCUT2D eigenvalue weighted by atomic mass is 9.85. The Hall–Kier alpha value is -1.35. The van der Waals surface area contributed by atoms with E-state index in [0.717, 1.165) is 31.4 Å². The first-order chi connectivity index (χ1) is 8.56. The van der Waals surface area contributed by atoms with E-state index in [-0.39, 0.29) is 17.9 Å². The van der Waals surface area contributed by atoms with Crippen molar-refractivity contribution in [3.05, 3.63) is 29.3 Å². The van der Waals surface area contributed by atoms with Crippen LogP contribution in [0.15, 0.2) is 18.2 Å². The molecule has 98 valence electrons. The number of hydrogen-bond donors (Lipinski definition) is 2. The molecule has 3 nitrogen and oxygen atoms in total. The van der Waals surface area contributed by atoms with Crippen molar-refractivity contribution < 1.29 is 4.79 Å². The Morgan fingerprint density at radius 1 is 1.28 bits per heavy atom. The van der Waals surface area contributed by atoms with Gasteiger partial charge in [0.25, 0.3) is 0 Å². The van der Waals surface area contributed by atoms with Crippen molar-refractivity contribution in [2.45, 2.75) is 45.6 Å². The predicted octanol–water partition coefficient (Wildman–Crippen LogP) is 2.76. The molecule has 1 aliphatic rings. The molecule has 0 spiro atoms. The molecule has 1 aromatic rings. The van der Waals surface area contributed by atoms with Gasteiger partial charge < -0.3 is 11.1 Å². The first-order valence-corrected chi connectivity index (χ1v) is 6.70. The second-order valence-electron chi connectivity index (χ2n) is 5.41. The molecule has 0 aliphatic heterocycles. The molecule has 1 aliphatic carbocycles. The summed E-state index contributed by atoms with van der Waals surface area (Å²) in [7, 11) is 0. The van der Waals surface area contributed by atoms with Crippen molar-refractivity contribution in [1.29, 1.82) is 0 Å². The van der Waals surface area contributed by atoms with Crippen LogP contribution in [0.25, 0.3) is 0 Å². The van der Waals surface area contributed by atoms with Crippen molar-refractivity contribution in [3.8, 4) is 0 Å². The summed E-state index contributed by atoms with van der Waals surface area (Å²) in [5, 5.41) is 3.01. The van der Waals surface area contributed by atoms with E-state index in [1.165, 1.54) is 11.1 Å². The van der Waals surface area contributed by atoms with Crippen LogP contribution >= 0.6 is 0 Å². The highest BCUT2D eigenvalue weighted by molar-refractivity contribution is 5.92. The average Bonchev–Trinajstić information content (AvgIpc) is 2.34. The fourth-order valence-corrected chi connectivity index (χ4v) is 2.53. The lowest BCUT2D eigenvalue weighted by Crippen LogP contribution is -2.34. The zero-order chi connectivity index (χ0) is 13.1. The Balaban J connectivity index is 2.00. The van der Waals surface area contributed by atoms with E-state index in [1.807, 2.05) is 18.2 Å². The highest BCUT2D eigenvalue weighted by Gasteiger charge is 2.25. The summed E-state index contributed by atoms with van der Waals surface area (Å²) in [6.07, 6.45) is 3.89. The molecule has 0 heterocycles. The number of anilines is 1. The molecule has 18 heavy (non-hydrogen) atoms. The van der Waals surface area contributed by atoms with Gasteiger partial charge in [0, 0.05) is 17.6 Å². The molecule has 2 atom stereocenters. The van der Waals surface area contributed by atoms with Crippen LogP contribution in [-0.4, -0.2) is 11.9 Å². The maximum absolute atomic E-state index is 12.1. The predicted molar refractivity (Wildman–Crippen MR) is 74.5 cm³/mol. The van der Waals surface area contributed by atoms with Gasteiger partial charge in [0.15, 0.2) is 0 Å². The number of hydrogen-bond acceptors (Lipinski definition) is 2. The molecular formula is C15H22N2O. The minimum absolute atomic E-state index is 0.0790. The maximum Gasteiger partial charge on any atom is 0.227 e. The SMILES string of the molecule is Cc1ccc(NC(=O)C2CCCC(N)C2)cc1C. The zero-order valence-electron chi connectivity index (χ0n) is 11.2. The van der Waals surface area contributed by atoms with Crippen molar-refractivity contribution >= 4 is 11.6 Å². The van der Waals surface area contributed by atoms with Gasteiger partial charge in [-0.3, -0.25) is 4.79 Å². The smallest absolute Gasteiger partial charge is 0.227 e. The van der Waals surface area contributed by atoms with Gasteiger partial charge in [0.1, 0.15) is 0 Å². The van der Waals surface area contributed by atoms with Crippen LogP contribution < -0.4 is 11.1 Å². The number of rotatable bonds is 2. The lowest BCUT2D eigenvalue weighted by Gasteiger charge is -2.25. The fraction of sp³-hybridized carbons (Fsp3) is 0.533. The van der Waals surface area contributed by atoms with Gasteiger partial charge in [0.2, 0.25) is 5.91 Å². The van der Waals surface area contributed by atoms with E-state index in [0.29, 0.717) is 0 Å². The third-order valence-corrected chi connectivity index (χ3v) is 3.86. The molecule has 0 aromatic heterocycles. The van der Waals surface area contributed by atoms with Gasteiger partial charge in [-0.25, -0.2) is 0 Å². The summed E-state index contributed by atoms with van der Waals surface area (Å²) in [5.74, 6) is 0.198. The van der Waals surface area contributed by atoms with E-state index < -0.39 is 0 Å². The van der Waals surface area contributed by atoms with Crippen LogP contribution in [-0.2, 0) is 4.79 Å². The van der Waals surface area contributed by atoms with Crippen LogP contribution in [0, 0.1) is 19.8 Å². The van der Waals surface area contributed by atoms with Crippen LogP contribution in [0.2, 0.25) is 0 Å². The Morgan fingerprint density at radius 2 is 2.06 bits per heavy atom. The molecule has 1 amide bonds. The van der Waals surface area contributed by atoms with Crippen LogP contribution in [0.3, 0.4) is 0 Å². The number of nitrogens with one attached hydrogen (secondary N) is 1. The van der Waals surface area contributed by atoms with Gasteiger partial charge >= 0.3 is 0 Å². The molecule has 1 aromatic carbocycles. The zero-order valence-corrected chi connectivity index (χ0v) is 11.2. The summed E-state index contributed by atoms with van der Waals surface area (Å²) in [6.45, 7) is 4.13. The quantitative estimate of drug-likeness (QED) is 0.843. The molecule has 2 unspecified atom stereocenters. The van der Waals surface area contributed by atoms with E-state index in [1.54, 1.807) is 0 Å². The van der Waals surface area contributed by atoms with Crippen molar-refractivity contribution in [3.63, 3.8) is 0 Å². The Morgan fingerprint density at radius 3 is 2.72 bits per heavy atom. The summed E-state index contributed by atoms with van der Waals surface area (Å²) in [6, 6.07) is 6.21. The van der Waals surface area contributed by atoms with E-state index in [9.17, 15) is 4.79 Å². The van der Waals surface area contributed by atoms with Gasteiger partial charge in [-0.15, -0.1) is 0 Å². The topological polar surface area (TPSA) is 55.1 Å². The molecule has 0 bridgehead atoms. The van der Waals surface area contributed by atoms with Crippen LogP contribution in [0.4, 0.5) is 5.69 Å². The molecular weight excluding hydrogens is 224 g/mol. The minimum atomic E-state index is 0.0790. The summed E-state index contributed by atoms with van der Waals surface area (Å²) in [5.41, 5.74) is 9.26. The first kappa shape index (κ1) is 13.1. The van der Waals surface area contributed by atoms with Crippen molar-refractivity contribution in [2.24, 2.45) is 11.7 Å².